The van der Waals surface area contributed by atoms with E-state index in [2.05, 4.69) is 20.7 Å². The molecule has 0 radical (unpaired) electrons. The van der Waals surface area contributed by atoms with Crippen molar-refractivity contribution in [1.82, 2.24) is 14.9 Å². The first-order valence-corrected chi connectivity index (χ1v) is 5.72. The largest absolute Gasteiger partial charge is 0.361 e. The first-order chi connectivity index (χ1) is 8.47. The zero-order valence-electron chi connectivity index (χ0n) is 11.2. The summed E-state index contributed by atoms with van der Waals surface area (Å²) in [6.07, 6.45) is 1.41. The number of nitrogens with two attached hydrogens (primary N) is 1. The number of aromatic nitrogens is 2. The predicted molar refractivity (Wildman–Crippen MR) is 71.1 cm³/mol. The SMILES string of the molecule is CC(C)c1c(NN)ncnc1NCC(=O)N(C)C. The van der Waals surface area contributed by atoms with E-state index in [1.54, 1.807) is 14.1 Å². The summed E-state index contributed by atoms with van der Waals surface area (Å²) in [7, 11) is 3.42. The van der Waals surface area contributed by atoms with Gasteiger partial charge in [0.25, 0.3) is 0 Å². The zero-order chi connectivity index (χ0) is 13.7. The van der Waals surface area contributed by atoms with Crippen molar-refractivity contribution in [2.75, 3.05) is 31.4 Å². The number of nitrogens with zero attached hydrogens (tertiary/aromatic N) is 3. The van der Waals surface area contributed by atoms with Gasteiger partial charge in [-0.2, -0.15) is 0 Å². The third kappa shape index (κ3) is 3.30. The van der Waals surface area contributed by atoms with Gasteiger partial charge < -0.3 is 15.6 Å². The van der Waals surface area contributed by atoms with Crippen molar-refractivity contribution in [3.05, 3.63) is 11.9 Å². The lowest BCUT2D eigenvalue weighted by atomic mass is 10.0. The average molecular weight is 252 g/mol. The average Bonchev–Trinajstić information content (AvgIpc) is 2.34. The van der Waals surface area contributed by atoms with E-state index in [1.807, 2.05) is 13.8 Å². The summed E-state index contributed by atoms with van der Waals surface area (Å²) in [4.78, 5) is 21.3. The van der Waals surface area contributed by atoms with Crippen molar-refractivity contribution >= 4 is 17.5 Å². The van der Waals surface area contributed by atoms with E-state index in [1.165, 1.54) is 11.2 Å². The van der Waals surface area contributed by atoms with Gasteiger partial charge in [-0.3, -0.25) is 4.79 Å². The lowest BCUT2D eigenvalue weighted by molar-refractivity contribution is -0.126. The van der Waals surface area contributed by atoms with E-state index in [4.69, 9.17) is 5.84 Å². The molecule has 0 aliphatic heterocycles. The molecule has 1 rings (SSSR count). The minimum Gasteiger partial charge on any atom is -0.361 e. The van der Waals surface area contributed by atoms with Crippen LogP contribution in [0.1, 0.15) is 25.3 Å². The van der Waals surface area contributed by atoms with Gasteiger partial charge in [0, 0.05) is 19.7 Å². The minimum atomic E-state index is -0.0226. The van der Waals surface area contributed by atoms with E-state index in [-0.39, 0.29) is 18.4 Å². The van der Waals surface area contributed by atoms with Gasteiger partial charge in [0.05, 0.1) is 6.54 Å². The highest BCUT2D eigenvalue weighted by atomic mass is 16.2. The molecule has 1 aromatic rings. The minimum absolute atomic E-state index is 0.0226. The number of nitrogen functional groups attached to an aromatic ring is 1. The van der Waals surface area contributed by atoms with Crippen molar-refractivity contribution in [3.8, 4) is 0 Å². The smallest absolute Gasteiger partial charge is 0.241 e. The summed E-state index contributed by atoms with van der Waals surface area (Å²) in [5.41, 5.74) is 3.41. The second-order valence-electron chi connectivity index (χ2n) is 4.43. The first kappa shape index (κ1) is 14.2. The maximum Gasteiger partial charge on any atom is 0.241 e. The van der Waals surface area contributed by atoms with Crippen LogP contribution < -0.4 is 16.6 Å². The number of anilines is 2. The van der Waals surface area contributed by atoms with Crippen molar-refractivity contribution < 1.29 is 4.79 Å². The van der Waals surface area contributed by atoms with Crippen molar-refractivity contribution in [2.45, 2.75) is 19.8 Å². The molecule has 7 heteroatoms. The summed E-state index contributed by atoms with van der Waals surface area (Å²) >= 11 is 0. The monoisotopic (exact) mass is 252 g/mol. The third-order valence-corrected chi connectivity index (χ3v) is 2.50. The fourth-order valence-corrected chi connectivity index (χ4v) is 1.52. The Morgan fingerprint density at radius 1 is 1.39 bits per heavy atom. The maximum absolute atomic E-state index is 11.5. The molecule has 0 saturated carbocycles. The molecule has 0 bridgehead atoms. The molecule has 18 heavy (non-hydrogen) atoms. The van der Waals surface area contributed by atoms with E-state index >= 15 is 0 Å². The van der Waals surface area contributed by atoms with Crippen LogP contribution in [-0.2, 0) is 4.79 Å². The van der Waals surface area contributed by atoms with Crippen LogP contribution in [0.5, 0.6) is 0 Å². The summed E-state index contributed by atoms with van der Waals surface area (Å²) in [5, 5.41) is 3.01. The van der Waals surface area contributed by atoms with Gasteiger partial charge in [-0.05, 0) is 5.92 Å². The highest BCUT2D eigenvalue weighted by Gasteiger charge is 2.15. The number of amides is 1. The number of carbonyl (C=O) groups is 1. The Labute approximate surface area is 107 Å². The number of hydrazine groups is 1. The van der Waals surface area contributed by atoms with Gasteiger partial charge in [-0.1, -0.05) is 13.8 Å². The molecule has 4 N–H and O–H groups in total. The zero-order valence-corrected chi connectivity index (χ0v) is 11.2. The van der Waals surface area contributed by atoms with Gasteiger partial charge in [0.2, 0.25) is 5.91 Å². The highest BCUT2D eigenvalue weighted by molar-refractivity contribution is 5.80. The molecule has 0 fully saturated rings. The molecule has 0 unspecified atom stereocenters. The Morgan fingerprint density at radius 2 is 2.00 bits per heavy atom. The van der Waals surface area contributed by atoms with Crippen molar-refractivity contribution in [2.24, 2.45) is 5.84 Å². The third-order valence-electron chi connectivity index (χ3n) is 2.50. The Morgan fingerprint density at radius 3 is 2.50 bits per heavy atom. The Bertz CT molecular complexity index is 418. The molecule has 0 spiro atoms. The number of hydrogen-bond donors (Lipinski definition) is 3. The van der Waals surface area contributed by atoms with Gasteiger partial charge in [0.15, 0.2) is 0 Å². The first-order valence-electron chi connectivity index (χ1n) is 5.72. The topological polar surface area (TPSA) is 96.2 Å². The van der Waals surface area contributed by atoms with Crippen molar-refractivity contribution in [1.29, 1.82) is 0 Å². The van der Waals surface area contributed by atoms with Gasteiger partial charge >= 0.3 is 0 Å². The Kier molecular flexibility index (Phi) is 4.85. The molecule has 1 aromatic heterocycles. The lowest BCUT2D eigenvalue weighted by Crippen LogP contribution is -2.29. The molecule has 0 aliphatic carbocycles. The summed E-state index contributed by atoms with van der Waals surface area (Å²) in [5.74, 6) is 6.78. The molecule has 0 aromatic carbocycles. The van der Waals surface area contributed by atoms with E-state index in [9.17, 15) is 4.79 Å². The molecule has 0 aliphatic rings. The van der Waals surface area contributed by atoms with Gasteiger partial charge in [-0.15, -0.1) is 0 Å². The number of likely N-dealkylation sites (N-methyl/N-ethyl adjacent to an activating group) is 1. The normalized spacial score (nSPS) is 10.3. The van der Waals surface area contributed by atoms with E-state index in [0.29, 0.717) is 11.6 Å². The number of nitrogens with one attached hydrogen (secondary N) is 2. The molecule has 0 saturated heterocycles. The maximum atomic E-state index is 11.5. The van der Waals surface area contributed by atoms with Crippen LogP contribution >= 0.6 is 0 Å². The fourth-order valence-electron chi connectivity index (χ4n) is 1.52. The molecular weight excluding hydrogens is 232 g/mol. The highest BCUT2D eigenvalue weighted by Crippen LogP contribution is 2.27. The fraction of sp³-hybridized carbons (Fsp3) is 0.545. The standard InChI is InChI=1S/C11H20N6O/c1-7(2)9-10(13-5-8(18)17(3)4)14-6-15-11(9)16-12/h6-7H,5,12H2,1-4H3,(H2,13,14,15,16). The van der Waals surface area contributed by atoms with Crippen LogP contribution in [0.2, 0.25) is 0 Å². The van der Waals surface area contributed by atoms with Crippen LogP contribution in [0, 0.1) is 0 Å². The van der Waals surface area contributed by atoms with Crippen LogP contribution in [0.4, 0.5) is 11.6 Å². The molecule has 100 valence electrons. The van der Waals surface area contributed by atoms with Crippen molar-refractivity contribution in [3.63, 3.8) is 0 Å². The molecular formula is C11H20N6O. The molecule has 1 heterocycles. The number of rotatable bonds is 5. The summed E-state index contributed by atoms with van der Waals surface area (Å²) < 4.78 is 0. The Balaban J connectivity index is 2.91. The number of carbonyl (C=O) groups excluding carboxylic acids is 1. The quantitative estimate of drug-likeness (QED) is 0.518. The molecule has 7 nitrogen and oxygen atoms in total. The van der Waals surface area contributed by atoms with E-state index in [0.717, 1.165) is 5.56 Å². The Hall–Kier alpha value is -1.89. The van der Waals surface area contributed by atoms with Crippen LogP contribution in [0.15, 0.2) is 6.33 Å². The van der Waals surface area contributed by atoms with Gasteiger partial charge in [-0.25, -0.2) is 15.8 Å². The molecule has 0 atom stereocenters. The molecule has 1 amide bonds. The predicted octanol–water partition coefficient (Wildman–Crippen LogP) is 0.386. The summed E-state index contributed by atoms with van der Waals surface area (Å²) in [6.45, 7) is 4.21. The lowest BCUT2D eigenvalue weighted by Gasteiger charge is -2.17. The van der Waals surface area contributed by atoms with Crippen LogP contribution in [0.3, 0.4) is 0 Å². The van der Waals surface area contributed by atoms with E-state index < -0.39 is 0 Å². The van der Waals surface area contributed by atoms with Gasteiger partial charge in [0.1, 0.15) is 18.0 Å². The second-order valence-corrected chi connectivity index (χ2v) is 4.43. The second kappa shape index (κ2) is 6.15. The van der Waals surface area contributed by atoms with Crippen LogP contribution in [-0.4, -0.2) is 41.4 Å². The number of hydrogen-bond acceptors (Lipinski definition) is 6. The van der Waals surface area contributed by atoms with Crippen LogP contribution in [0.25, 0.3) is 0 Å². The summed E-state index contributed by atoms with van der Waals surface area (Å²) in [6, 6.07) is 0.